The number of benzene rings is 1. The summed E-state index contributed by atoms with van der Waals surface area (Å²) in [7, 11) is 1.80. The summed E-state index contributed by atoms with van der Waals surface area (Å²) in [5, 5.41) is 6.88. The van der Waals surface area contributed by atoms with Gasteiger partial charge in [-0.3, -0.25) is 4.99 Å². The molecule has 172 valence electrons. The number of aryl methyl sites for hydroxylation is 2. The first-order valence-corrected chi connectivity index (χ1v) is 11.4. The minimum Gasteiger partial charge on any atom is -0.490 e. The van der Waals surface area contributed by atoms with E-state index < -0.39 is 0 Å². The summed E-state index contributed by atoms with van der Waals surface area (Å²) in [5.74, 6) is 3.47. The summed E-state index contributed by atoms with van der Waals surface area (Å²) in [5.41, 5.74) is 1.13. The minimum absolute atomic E-state index is 0.0870. The molecule has 0 bridgehead atoms. The molecule has 0 saturated heterocycles. The second-order valence-corrected chi connectivity index (χ2v) is 7.64. The number of guanidine groups is 1. The van der Waals surface area contributed by atoms with E-state index in [1.807, 2.05) is 25.4 Å². The van der Waals surface area contributed by atoms with Crippen LogP contribution in [0.25, 0.3) is 0 Å². The van der Waals surface area contributed by atoms with Crippen LogP contribution < -0.4 is 20.1 Å². The molecule has 7 heteroatoms. The molecule has 7 nitrogen and oxygen atoms in total. The molecule has 2 aromatic rings. The van der Waals surface area contributed by atoms with Crippen molar-refractivity contribution in [2.24, 2.45) is 4.99 Å². The van der Waals surface area contributed by atoms with Gasteiger partial charge < -0.3 is 24.7 Å². The molecule has 2 N–H and O–H groups in total. The highest BCUT2D eigenvalue weighted by atomic mass is 16.5. The number of ether oxygens (including phenoxy) is 2. The predicted molar refractivity (Wildman–Crippen MR) is 127 cm³/mol. The van der Waals surface area contributed by atoms with E-state index in [1.54, 1.807) is 7.05 Å². The van der Waals surface area contributed by atoms with E-state index in [-0.39, 0.29) is 6.04 Å². The van der Waals surface area contributed by atoms with Crippen molar-refractivity contribution in [1.29, 1.82) is 0 Å². The number of nitrogens with zero attached hydrogens (tertiary/aromatic N) is 3. The predicted octanol–water partition coefficient (Wildman–Crippen LogP) is 4.48. The minimum atomic E-state index is 0.0870. The maximum Gasteiger partial charge on any atom is 0.191 e. The highest BCUT2D eigenvalue weighted by Gasteiger charge is 2.12. The lowest BCUT2D eigenvalue weighted by atomic mass is 10.1. The quantitative estimate of drug-likeness (QED) is 0.279. The number of nitrogens with one attached hydrogen (secondary N) is 2. The normalized spacial score (nSPS) is 12.5. The number of imidazole rings is 1. The fourth-order valence-corrected chi connectivity index (χ4v) is 3.19. The Balaban J connectivity index is 1.86. The fraction of sp³-hybridized carbons (Fsp3) is 0.583. The molecule has 0 amide bonds. The average molecular weight is 430 g/mol. The molecule has 1 aromatic carbocycles. The van der Waals surface area contributed by atoms with Crippen LogP contribution in [0.4, 0.5) is 0 Å². The van der Waals surface area contributed by atoms with Crippen LogP contribution in [0.2, 0.25) is 0 Å². The molecule has 0 radical (unpaired) electrons. The number of aromatic nitrogens is 2. The number of hydrogen-bond acceptors (Lipinski definition) is 4. The molecule has 2 rings (SSSR count). The van der Waals surface area contributed by atoms with Crippen molar-refractivity contribution in [1.82, 2.24) is 20.2 Å². The van der Waals surface area contributed by atoms with Crippen molar-refractivity contribution in [2.45, 2.75) is 66.0 Å². The molecular weight excluding hydrogens is 390 g/mol. The zero-order valence-corrected chi connectivity index (χ0v) is 19.8. The first-order valence-electron chi connectivity index (χ1n) is 11.4. The van der Waals surface area contributed by atoms with Gasteiger partial charge in [-0.05, 0) is 57.2 Å². The van der Waals surface area contributed by atoms with Crippen molar-refractivity contribution < 1.29 is 9.47 Å². The standard InChI is InChI=1S/C24H39N5O2/c1-6-16-30-22-11-10-21(18-23(22)31-17-7-2)19(3)28-24(25-5)27-12-8-9-14-29-15-13-26-20(29)4/h10-11,13,15,18-19H,6-9,12,14,16-17H2,1-5H3,(H2,25,27,28). The van der Waals surface area contributed by atoms with Gasteiger partial charge in [0.1, 0.15) is 5.82 Å². The summed E-state index contributed by atoms with van der Waals surface area (Å²) in [4.78, 5) is 8.63. The molecule has 0 spiro atoms. The molecule has 0 saturated carbocycles. The van der Waals surface area contributed by atoms with Crippen LogP contribution >= 0.6 is 0 Å². The van der Waals surface area contributed by atoms with Gasteiger partial charge in [-0.25, -0.2) is 4.98 Å². The Morgan fingerprint density at radius 2 is 1.87 bits per heavy atom. The molecular formula is C24H39N5O2. The SMILES string of the molecule is CCCOc1ccc(C(C)NC(=NC)NCCCCn2ccnc2C)cc1OCCC. The Labute approximate surface area is 187 Å². The first-order chi connectivity index (χ1) is 15.1. The van der Waals surface area contributed by atoms with E-state index >= 15 is 0 Å². The summed E-state index contributed by atoms with van der Waals surface area (Å²) in [6.45, 7) is 11.6. The number of rotatable bonds is 13. The van der Waals surface area contributed by atoms with Crippen molar-refractivity contribution in [2.75, 3.05) is 26.8 Å². The van der Waals surface area contributed by atoms with Crippen LogP contribution in [-0.4, -0.2) is 42.3 Å². The van der Waals surface area contributed by atoms with Gasteiger partial charge >= 0.3 is 0 Å². The van der Waals surface area contributed by atoms with E-state index in [0.717, 1.165) is 67.6 Å². The summed E-state index contributed by atoms with van der Waals surface area (Å²) < 4.78 is 14.0. The number of hydrogen-bond donors (Lipinski definition) is 2. The van der Waals surface area contributed by atoms with E-state index in [4.69, 9.17) is 9.47 Å². The average Bonchev–Trinajstić information content (AvgIpc) is 3.19. The highest BCUT2D eigenvalue weighted by Crippen LogP contribution is 2.31. The van der Waals surface area contributed by atoms with Gasteiger partial charge in [0.05, 0.1) is 19.3 Å². The van der Waals surface area contributed by atoms with E-state index in [0.29, 0.717) is 13.2 Å². The third-order valence-electron chi connectivity index (χ3n) is 5.01. The monoisotopic (exact) mass is 429 g/mol. The fourth-order valence-electron chi connectivity index (χ4n) is 3.19. The van der Waals surface area contributed by atoms with Crippen molar-refractivity contribution in [3.05, 3.63) is 42.0 Å². The number of aliphatic imine (C=N–C) groups is 1. The van der Waals surface area contributed by atoms with Gasteiger partial charge in [-0.15, -0.1) is 0 Å². The maximum atomic E-state index is 5.93. The Bertz CT molecular complexity index is 803. The molecule has 0 aliphatic heterocycles. The van der Waals surface area contributed by atoms with Gasteiger partial charge in [0.15, 0.2) is 17.5 Å². The summed E-state index contributed by atoms with van der Waals surface area (Å²) in [6.07, 6.45) is 7.96. The molecule has 1 atom stereocenters. The van der Waals surface area contributed by atoms with Crippen LogP contribution in [0, 0.1) is 6.92 Å². The third-order valence-corrected chi connectivity index (χ3v) is 5.01. The molecule has 1 heterocycles. The zero-order chi connectivity index (χ0) is 22.5. The largest absolute Gasteiger partial charge is 0.490 e. The Morgan fingerprint density at radius 1 is 1.13 bits per heavy atom. The van der Waals surface area contributed by atoms with Gasteiger partial charge in [0, 0.05) is 32.5 Å². The van der Waals surface area contributed by atoms with E-state index in [2.05, 4.69) is 58.1 Å². The van der Waals surface area contributed by atoms with Crippen LogP contribution in [0.15, 0.2) is 35.6 Å². The van der Waals surface area contributed by atoms with E-state index in [9.17, 15) is 0 Å². The van der Waals surface area contributed by atoms with Crippen molar-refractivity contribution >= 4 is 5.96 Å². The van der Waals surface area contributed by atoms with E-state index in [1.165, 1.54) is 0 Å². The smallest absolute Gasteiger partial charge is 0.191 e. The van der Waals surface area contributed by atoms with Gasteiger partial charge in [0.25, 0.3) is 0 Å². The van der Waals surface area contributed by atoms with Gasteiger partial charge in [-0.2, -0.15) is 0 Å². The van der Waals surface area contributed by atoms with Crippen molar-refractivity contribution in [3.63, 3.8) is 0 Å². The van der Waals surface area contributed by atoms with Crippen LogP contribution in [0.5, 0.6) is 11.5 Å². The molecule has 0 fully saturated rings. The highest BCUT2D eigenvalue weighted by molar-refractivity contribution is 5.80. The zero-order valence-electron chi connectivity index (χ0n) is 19.8. The Hall–Kier alpha value is -2.70. The van der Waals surface area contributed by atoms with Crippen LogP contribution in [0.1, 0.15) is 63.9 Å². The molecule has 31 heavy (non-hydrogen) atoms. The molecule has 0 aliphatic rings. The lowest BCUT2D eigenvalue weighted by Crippen LogP contribution is -2.39. The molecule has 1 aromatic heterocycles. The Kier molecular flexibility index (Phi) is 10.8. The summed E-state index contributed by atoms with van der Waals surface area (Å²) >= 11 is 0. The van der Waals surface area contributed by atoms with Crippen LogP contribution in [0.3, 0.4) is 0 Å². The van der Waals surface area contributed by atoms with Crippen LogP contribution in [-0.2, 0) is 6.54 Å². The lowest BCUT2D eigenvalue weighted by molar-refractivity contribution is 0.268. The third kappa shape index (κ3) is 8.15. The molecule has 0 aliphatic carbocycles. The second-order valence-electron chi connectivity index (χ2n) is 7.64. The van der Waals surface area contributed by atoms with Crippen molar-refractivity contribution in [3.8, 4) is 11.5 Å². The maximum absolute atomic E-state index is 5.93. The topological polar surface area (TPSA) is 72.7 Å². The van der Waals surface area contributed by atoms with Gasteiger partial charge in [-0.1, -0.05) is 19.9 Å². The lowest BCUT2D eigenvalue weighted by Gasteiger charge is -2.20. The first kappa shape index (κ1) is 24.6. The number of unbranched alkanes of at least 4 members (excludes halogenated alkanes) is 1. The summed E-state index contributed by atoms with van der Waals surface area (Å²) in [6, 6.07) is 6.24. The van der Waals surface area contributed by atoms with Gasteiger partial charge in [0.2, 0.25) is 0 Å². The molecule has 1 unspecified atom stereocenters. The second kappa shape index (κ2) is 13.6. The Morgan fingerprint density at radius 3 is 2.52 bits per heavy atom.